The first-order valence-electron chi connectivity index (χ1n) is 6.39. The topological polar surface area (TPSA) is 30.9 Å². The first-order chi connectivity index (χ1) is 8.63. The summed E-state index contributed by atoms with van der Waals surface area (Å²) >= 11 is 0. The average Bonchev–Trinajstić information content (AvgIpc) is 2.90. The molecule has 0 fully saturated rings. The van der Waals surface area contributed by atoms with E-state index in [-0.39, 0.29) is 6.04 Å². The number of nitrogens with two attached hydrogens (primary N) is 1. The van der Waals surface area contributed by atoms with E-state index in [0.717, 1.165) is 48.0 Å². The first-order valence-corrected chi connectivity index (χ1v) is 6.39. The van der Waals surface area contributed by atoms with Crippen LogP contribution in [0.25, 0.3) is 10.9 Å². The largest absolute Gasteiger partial charge is 0.344 e. The fourth-order valence-electron chi connectivity index (χ4n) is 2.97. The van der Waals surface area contributed by atoms with Crippen LogP contribution in [-0.4, -0.2) is 4.57 Å². The Morgan fingerprint density at radius 2 is 2.06 bits per heavy atom. The molecule has 0 saturated carbocycles. The van der Waals surface area contributed by atoms with Crippen LogP contribution in [0.5, 0.6) is 0 Å². The number of rotatable bonds is 2. The van der Waals surface area contributed by atoms with Crippen LogP contribution >= 0.6 is 0 Å². The number of hydrogen-bond acceptors (Lipinski definition) is 1. The predicted molar refractivity (Wildman–Crippen MR) is 67.4 cm³/mol. The van der Waals surface area contributed by atoms with Gasteiger partial charge in [0.2, 0.25) is 0 Å². The molecule has 0 bridgehead atoms. The van der Waals surface area contributed by atoms with Gasteiger partial charge in [0.1, 0.15) is 0 Å². The maximum absolute atomic E-state index is 13.4. The van der Waals surface area contributed by atoms with Crippen molar-refractivity contribution in [3.05, 3.63) is 35.0 Å². The summed E-state index contributed by atoms with van der Waals surface area (Å²) in [4.78, 5) is 0. The summed E-state index contributed by atoms with van der Waals surface area (Å²) < 4.78 is 28.9. The van der Waals surface area contributed by atoms with Crippen LogP contribution in [0.15, 0.2) is 12.1 Å². The SMILES string of the molecule is CC[C@H](N)c1c2n(c3cc(F)c(F)cc13)CCC2. The maximum atomic E-state index is 13.4. The fourth-order valence-corrected chi connectivity index (χ4v) is 2.97. The first kappa shape index (κ1) is 11.7. The molecule has 0 amide bonds. The van der Waals surface area contributed by atoms with Crippen LogP contribution in [0, 0.1) is 11.6 Å². The lowest BCUT2D eigenvalue weighted by Crippen LogP contribution is -2.10. The second-order valence-corrected chi connectivity index (χ2v) is 4.91. The Labute approximate surface area is 104 Å². The van der Waals surface area contributed by atoms with Gasteiger partial charge in [0.05, 0.1) is 5.52 Å². The van der Waals surface area contributed by atoms with Crippen LogP contribution in [0.4, 0.5) is 8.78 Å². The maximum Gasteiger partial charge on any atom is 0.160 e. The van der Waals surface area contributed by atoms with E-state index in [2.05, 4.69) is 4.57 Å². The van der Waals surface area contributed by atoms with E-state index in [1.54, 1.807) is 0 Å². The van der Waals surface area contributed by atoms with Crippen molar-refractivity contribution >= 4 is 10.9 Å². The molecule has 2 heterocycles. The summed E-state index contributed by atoms with van der Waals surface area (Å²) in [6, 6.07) is 2.48. The molecule has 0 saturated heterocycles. The molecule has 4 heteroatoms. The zero-order chi connectivity index (χ0) is 12.9. The molecule has 0 radical (unpaired) electrons. The van der Waals surface area contributed by atoms with Gasteiger partial charge in [-0.3, -0.25) is 0 Å². The van der Waals surface area contributed by atoms with E-state index in [4.69, 9.17) is 5.73 Å². The molecular weight excluding hydrogens is 234 g/mol. The molecule has 1 atom stereocenters. The number of nitrogens with zero attached hydrogens (tertiary/aromatic N) is 1. The molecular formula is C14H16F2N2. The lowest BCUT2D eigenvalue weighted by Gasteiger charge is -2.10. The second kappa shape index (κ2) is 4.05. The normalized spacial score (nSPS) is 16.2. The Balaban J connectivity index is 2.36. The molecule has 0 spiro atoms. The Kier molecular flexibility index (Phi) is 2.63. The lowest BCUT2D eigenvalue weighted by molar-refractivity contribution is 0.510. The molecule has 3 rings (SSSR count). The minimum Gasteiger partial charge on any atom is -0.344 e. The Bertz CT molecular complexity index is 616. The zero-order valence-corrected chi connectivity index (χ0v) is 10.3. The molecule has 1 aromatic heterocycles. The third kappa shape index (κ3) is 1.48. The van der Waals surface area contributed by atoms with Crippen molar-refractivity contribution < 1.29 is 8.78 Å². The van der Waals surface area contributed by atoms with E-state index in [1.807, 2.05) is 6.92 Å². The van der Waals surface area contributed by atoms with Gasteiger partial charge in [0.15, 0.2) is 11.6 Å². The number of hydrogen-bond donors (Lipinski definition) is 1. The van der Waals surface area contributed by atoms with Crippen LogP contribution in [0.2, 0.25) is 0 Å². The Morgan fingerprint density at radius 1 is 1.33 bits per heavy atom. The Hall–Kier alpha value is -1.42. The highest BCUT2D eigenvalue weighted by Gasteiger charge is 2.25. The smallest absolute Gasteiger partial charge is 0.160 e. The number of aryl methyl sites for hydroxylation is 1. The summed E-state index contributed by atoms with van der Waals surface area (Å²) in [5, 5.41) is 0.776. The van der Waals surface area contributed by atoms with Gasteiger partial charge in [-0.05, 0) is 30.9 Å². The van der Waals surface area contributed by atoms with Crippen molar-refractivity contribution in [3.63, 3.8) is 0 Å². The van der Waals surface area contributed by atoms with Crippen LogP contribution in [0.1, 0.15) is 37.1 Å². The molecule has 1 aliphatic rings. The number of benzene rings is 1. The van der Waals surface area contributed by atoms with Crippen molar-refractivity contribution in [3.8, 4) is 0 Å². The molecule has 96 valence electrons. The predicted octanol–water partition coefficient (Wildman–Crippen LogP) is 3.28. The number of halogens is 2. The number of fused-ring (bicyclic) bond motifs is 3. The fraction of sp³-hybridized carbons (Fsp3) is 0.429. The van der Waals surface area contributed by atoms with Gasteiger partial charge in [-0.25, -0.2) is 8.78 Å². The van der Waals surface area contributed by atoms with Crippen LogP contribution in [0.3, 0.4) is 0 Å². The Morgan fingerprint density at radius 3 is 2.78 bits per heavy atom. The monoisotopic (exact) mass is 250 g/mol. The minimum atomic E-state index is -0.795. The van der Waals surface area contributed by atoms with E-state index in [9.17, 15) is 8.78 Å². The van der Waals surface area contributed by atoms with Crippen molar-refractivity contribution in [2.75, 3.05) is 0 Å². The summed E-state index contributed by atoms with van der Waals surface area (Å²) in [6.45, 7) is 2.88. The number of aromatic nitrogens is 1. The van der Waals surface area contributed by atoms with E-state index < -0.39 is 11.6 Å². The second-order valence-electron chi connectivity index (χ2n) is 4.91. The molecule has 18 heavy (non-hydrogen) atoms. The standard InChI is InChI=1S/C14H16F2N2/c1-2-11(17)14-8-6-9(15)10(16)7-13(8)18-5-3-4-12(14)18/h6-7,11H,2-5,17H2,1H3/t11-/m0/s1. The molecule has 0 aliphatic carbocycles. The van der Waals surface area contributed by atoms with Gasteiger partial charge < -0.3 is 10.3 Å². The van der Waals surface area contributed by atoms with Crippen LogP contribution < -0.4 is 5.73 Å². The highest BCUT2D eigenvalue weighted by atomic mass is 19.2. The summed E-state index contributed by atoms with van der Waals surface area (Å²) in [6.07, 6.45) is 2.79. The van der Waals surface area contributed by atoms with Crippen molar-refractivity contribution in [1.82, 2.24) is 4.57 Å². The molecule has 1 aromatic carbocycles. The highest BCUT2D eigenvalue weighted by Crippen LogP contribution is 2.36. The van der Waals surface area contributed by atoms with Gasteiger partial charge >= 0.3 is 0 Å². The molecule has 2 nitrogen and oxygen atoms in total. The molecule has 2 N–H and O–H groups in total. The van der Waals surface area contributed by atoms with Crippen molar-refractivity contribution in [2.24, 2.45) is 5.73 Å². The van der Waals surface area contributed by atoms with Crippen molar-refractivity contribution in [1.29, 1.82) is 0 Å². The summed E-state index contributed by atoms with van der Waals surface area (Å²) in [5.41, 5.74) is 9.07. The third-order valence-corrected chi connectivity index (χ3v) is 3.86. The highest BCUT2D eigenvalue weighted by molar-refractivity contribution is 5.86. The molecule has 2 aromatic rings. The van der Waals surface area contributed by atoms with Crippen LogP contribution in [-0.2, 0) is 13.0 Å². The van der Waals surface area contributed by atoms with Gasteiger partial charge in [-0.1, -0.05) is 6.92 Å². The van der Waals surface area contributed by atoms with Gasteiger partial charge in [0, 0.05) is 29.7 Å². The quantitative estimate of drug-likeness (QED) is 0.871. The van der Waals surface area contributed by atoms with Crippen molar-refractivity contribution in [2.45, 2.75) is 38.8 Å². The molecule has 0 unspecified atom stereocenters. The van der Waals surface area contributed by atoms with E-state index >= 15 is 0 Å². The minimum absolute atomic E-state index is 0.105. The lowest BCUT2D eigenvalue weighted by atomic mass is 10.00. The van der Waals surface area contributed by atoms with Gasteiger partial charge in [0.25, 0.3) is 0 Å². The third-order valence-electron chi connectivity index (χ3n) is 3.86. The summed E-state index contributed by atoms with van der Waals surface area (Å²) in [7, 11) is 0. The molecule has 1 aliphatic heterocycles. The van der Waals surface area contributed by atoms with E-state index in [0.29, 0.717) is 0 Å². The van der Waals surface area contributed by atoms with E-state index in [1.165, 1.54) is 12.1 Å². The van der Waals surface area contributed by atoms with Gasteiger partial charge in [-0.2, -0.15) is 0 Å². The average molecular weight is 250 g/mol. The van der Waals surface area contributed by atoms with Gasteiger partial charge in [-0.15, -0.1) is 0 Å². The zero-order valence-electron chi connectivity index (χ0n) is 10.3. The summed E-state index contributed by atoms with van der Waals surface area (Å²) in [5.74, 6) is -1.58.